The molecule has 3 aromatic rings. The van der Waals surface area contributed by atoms with Crippen LogP contribution in [0.4, 0.5) is 0 Å². The highest BCUT2D eigenvalue weighted by atomic mass is 79.9. The van der Waals surface area contributed by atoms with Crippen molar-refractivity contribution in [2.75, 3.05) is 0 Å². The van der Waals surface area contributed by atoms with Gasteiger partial charge in [-0.05, 0) is 46.3 Å². The monoisotopic (exact) mass is 339 g/mol. The molecule has 0 spiro atoms. The van der Waals surface area contributed by atoms with Crippen LogP contribution in [-0.4, -0.2) is 3.96 Å². The molecule has 0 saturated carbocycles. The predicted octanol–water partition coefficient (Wildman–Crippen LogP) is 4.47. The zero-order chi connectivity index (χ0) is 12.7. The second-order valence-corrected chi connectivity index (χ2v) is 6.03. The van der Waals surface area contributed by atoms with Crippen molar-refractivity contribution in [3.63, 3.8) is 0 Å². The lowest BCUT2D eigenvalue weighted by molar-refractivity contribution is 1.14. The van der Waals surface area contributed by atoms with E-state index in [1.165, 1.54) is 11.5 Å². The third-order valence-electron chi connectivity index (χ3n) is 2.63. The van der Waals surface area contributed by atoms with Crippen molar-refractivity contribution >= 4 is 49.1 Å². The van der Waals surface area contributed by atoms with Gasteiger partial charge in [0.15, 0.2) is 0 Å². The summed E-state index contributed by atoms with van der Waals surface area (Å²) >= 11 is 10.8. The highest BCUT2D eigenvalue weighted by molar-refractivity contribution is 9.10. The maximum absolute atomic E-state index is 12.2. The minimum atomic E-state index is -0.00557. The maximum atomic E-state index is 12.2. The molecule has 0 saturated heterocycles. The van der Waals surface area contributed by atoms with Crippen LogP contribution >= 0.6 is 39.1 Å². The van der Waals surface area contributed by atoms with Crippen molar-refractivity contribution in [1.29, 1.82) is 0 Å². The molecule has 1 heterocycles. The first-order chi connectivity index (χ1) is 8.66. The number of fused-ring (bicyclic) bond motifs is 1. The molecule has 0 N–H and O–H groups in total. The van der Waals surface area contributed by atoms with E-state index in [-0.39, 0.29) is 5.56 Å². The summed E-state index contributed by atoms with van der Waals surface area (Å²) in [5.41, 5.74) is 0.781. The Kier molecular flexibility index (Phi) is 3.01. The molecule has 1 aromatic heterocycles. The lowest BCUT2D eigenvalue weighted by atomic mass is 10.3. The summed E-state index contributed by atoms with van der Waals surface area (Å²) in [5.74, 6) is 0. The quantitative estimate of drug-likeness (QED) is 0.640. The Morgan fingerprint density at radius 1 is 1.17 bits per heavy atom. The summed E-state index contributed by atoms with van der Waals surface area (Å²) in [4.78, 5) is 12.2. The highest BCUT2D eigenvalue weighted by Crippen LogP contribution is 2.26. The van der Waals surface area contributed by atoms with E-state index in [9.17, 15) is 4.79 Å². The number of hydrogen-bond donors (Lipinski definition) is 0. The topological polar surface area (TPSA) is 22.0 Å². The van der Waals surface area contributed by atoms with E-state index >= 15 is 0 Å². The van der Waals surface area contributed by atoms with E-state index in [1.54, 1.807) is 10.0 Å². The first-order valence-electron chi connectivity index (χ1n) is 5.23. The van der Waals surface area contributed by atoms with E-state index in [0.29, 0.717) is 5.02 Å². The Balaban J connectivity index is 2.28. The van der Waals surface area contributed by atoms with Gasteiger partial charge in [0, 0.05) is 4.47 Å². The molecule has 18 heavy (non-hydrogen) atoms. The fourth-order valence-corrected chi connectivity index (χ4v) is 3.16. The van der Waals surface area contributed by atoms with Crippen LogP contribution in [0, 0.1) is 0 Å². The van der Waals surface area contributed by atoms with E-state index in [2.05, 4.69) is 15.9 Å². The smallest absolute Gasteiger partial charge is 0.267 e. The highest BCUT2D eigenvalue weighted by Gasteiger charge is 2.09. The summed E-state index contributed by atoms with van der Waals surface area (Å²) < 4.78 is 3.45. The zero-order valence-corrected chi connectivity index (χ0v) is 12.2. The summed E-state index contributed by atoms with van der Waals surface area (Å²) in [6.45, 7) is 0. The van der Waals surface area contributed by atoms with Crippen LogP contribution in [0.25, 0.3) is 15.8 Å². The Hall–Kier alpha value is -1.10. The van der Waals surface area contributed by atoms with Gasteiger partial charge in [-0.25, -0.2) is 3.96 Å². The SMILES string of the molecule is O=c1c2ccccc2sn1-c1ccc(Br)c(Cl)c1. The molecule has 2 aromatic carbocycles. The molecule has 0 aliphatic carbocycles. The van der Waals surface area contributed by atoms with Gasteiger partial charge in [0.1, 0.15) is 0 Å². The largest absolute Gasteiger partial charge is 0.273 e. The van der Waals surface area contributed by atoms with Gasteiger partial charge in [-0.2, -0.15) is 0 Å². The van der Waals surface area contributed by atoms with Gasteiger partial charge in [0.25, 0.3) is 5.56 Å². The average Bonchev–Trinajstić information content (AvgIpc) is 2.71. The third-order valence-corrected chi connectivity index (χ3v) is 4.97. The molecule has 5 heteroatoms. The van der Waals surface area contributed by atoms with Crippen molar-refractivity contribution in [2.45, 2.75) is 0 Å². The molecule has 0 bridgehead atoms. The van der Waals surface area contributed by atoms with Crippen LogP contribution in [0.15, 0.2) is 51.7 Å². The summed E-state index contributed by atoms with van der Waals surface area (Å²) in [6.07, 6.45) is 0. The first-order valence-corrected chi connectivity index (χ1v) is 7.18. The van der Waals surface area contributed by atoms with Crippen molar-refractivity contribution in [3.05, 3.63) is 62.3 Å². The van der Waals surface area contributed by atoms with E-state index < -0.39 is 0 Å². The van der Waals surface area contributed by atoms with Crippen molar-refractivity contribution in [2.24, 2.45) is 0 Å². The zero-order valence-electron chi connectivity index (χ0n) is 9.06. The van der Waals surface area contributed by atoms with Gasteiger partial charge in [0.2, 0.25) is 0 Å². The number of halogens is 2. The minimum absolute atomic E-state index is 0.00557. The molecule has 0 aliphatic heterocycles. The van der Waals surface area contributed by atoms with Crippen LogP contribution in [0.2, 0.25) is 5.02 Å². The maximum Gasteiger partial charge on any atom is 0.273 e. The van der Waals surface area contributed by atoms with Gasteiger partial charge < -0.3 is 0 Å². The molecular weight excluding hydrogens is 334 g/mol. The van der Waals surface area contributed by atoms with Crippen LogP contribution in [0.1, 0.15) is 0 Å². The van der Waals surface area contributed by atoms with Gasteiger partial charge in [0.05, 0.1) is 20.8 Å². The van der Waals surface area contributed by atoms with Gasteiger partial charge in [-0.1, -0.05) is 35.3 Å². The molecule has 0 atom stereocenters. The molecule has 0 fully saturated rings. The lowest BCUT2D eigenvalue weighted by Crippen LogP contribution is -2.10. The van der Waals surface area contributed by atoms with E-state index in [0.717, 1.165) is 20.2 Å². The Labute approximate surface area is 121 Å². The van der Waals surface area contributed by atoms with Gasteiger partial charge >= 0.3 is 0 Å². The Morgan fingerprint density at radius 3 is 2.67 bits per heavy atom. The molecule has 0 unspecified atom stereocenters. The fourth-order valence-electron chi connectivity index (χ4n) is 1.75. The van der Waals surface area contributed by atoms with Crippen LogP contribution in [0.5, 0.6) is 0 Å². The molecule has 2 nitrogen and oxygen atoms in total. The first kappa shape index (κ1) is 12.0. The summed E-state index contributed by atoms with van der Waals surface area (Å²) in [5, 5.41) is 1.33. The predicted molar refractivity (Wildman–Crippen MR) is 80.1 cm³/mol. The number of rotatable bonds is 1. The van der Waals surface area contributed by atoms with Crippen molar-refractivity contribution in [3.8, 4) is 5.69 Å². The van der Waals surface area contributed by atoms with Crippen molar-refractivity contribution in [1.82, 2.24) is 3.96 Å². The second-order valence-electron chi connectivity index (χ2n) is 3.79. The van der Waals surface area contributed by atoms with E-state index in [4.69, 9.17) is 11.6 Å². The van der Waals surface area contributed by atoms with Gasteiger partial charge in [-0.15, -0.1) is 0 Å². The number of aromatic nitrogens is 1. The average molecular weight is 341 g/mol. The standard InChI is InChI=1S/C13H7BrClNOS/c14-10-6-5-8(7-11(10)15)16-13(17)9-3-1-2-4-12(9)18-16/h1-7H. The van der Waals surface area contributed by atoms with Crippen molar-refractivity contribution < 1.29 is 0 Å². The third kappa shape index (κ3) is 1.90. The molecule has 0 radical (unpaired) electrons. The Bertz CT molecular complexity index is 793. The molecule has 90 valence electrons. The fraction of sp³-hybridized carbons (Fsp3) is 0. The normalized spacial score (nSPS) is 11.0. The number of hydrogen-bond acceptors (Lipinski definition) is 2. The molecule has 0 amide bonds. The van der Waals surface area contributed by atoms with Gasteiger partial charge in [-0.3, -0.25) is 4.79 Å². The van der Waals surface area contributed by atoms with Crippen LogP contribution in [-0.2, 0) is 0 Å². The second kappa shape index (κ2) is 4.53. The number of nitrogens with zero attached hydrogens (tertiary/aromatic N) is 1. The molecule has 0 aliphatic rings. The summed E-state index contributed by atoms with van der Waals surface area (Å²) in [6, 6.07) is 13.1. The summed E-state index contributed by atoms with van der Waals surface area (Å²) in [7, 11) is 0. The number of benzene rings is 2. The Morgan fingerprint density at radius 2 is 1.94 bits per heavy atom. The molecular formula is C13H7BrClNOS. The lowest BCUT2D eigenvalue weighted by Gasteiger charge is -2.02. The van der Waals surface area contributed by atoms with Crippen LogP contribution < -0.4 is 5.56 Å². The van der Waals surface area contributed by atoms with E-state index in [1.807, 2.05) is 36.4 Å². The molecule has 3 rings (SSSR count). The minimum Gasteiger partial charge on any atom is -0.267 e. The van der Waals surface area contributed by atoms with Crippen LogP contribution in [0.3, 0.4) is 0 Å².